The molecule has 0 saturated carbocycles. The third-order valence-electron chi connectivity index (χ3n) is 2.30. The molecule has 0 atom stereocenters. The highest BCUT2D eigenvalue weighted by Gasteiger charge is 2.14. The summed E-state index contributed by atoms with van der Waals surface area (Å²) in [4.78, 5) is 11.8. The van der Waals surface area contributed by atoms with Gasteiger partial charge in [0.1, 0.15) is 0 Å². The molecule has 0 aliphatic carbocycles. The van der Waals surface area contributed by atoms with Gasteiger partial charge in [0.2, 0.25) is 0 Å². The van der Waals surface area contributed by atoms with Crippen LogP contribution in [0.25, 0.3) is 0 Å². The SMILES string of the molecule is Cc1cc(C#CCN)ccc1NC(=O)NC(C)(C)C. The van der Waals surface area contributed by atoms with Gasteiger partial charge in [-0.1, -0.05) is 11.8 Å². The van der Waals surface area contributed by atoms with E-state index in [1.807, 2.05) is 45.9 Å². The molecule has 1 rings (SSSR count). The van der Waals surface area contributed by atoms with Crippen LogP contribution in [0.2, 0.25) is 0 Å². The molecule has 0 radical (unpaired) electrons. The smallest absolute Gasteiger partial charge is 0.319 e. The third kappa shape index (κ3) is 5.45. The molecule has 19 heavy (non-hydrogen) atoms. The van der Waals surface area contributed by atoms with Gasteiger partial charge in [0.25, 0.3) is 0 Å². The van der Waals surface area contributed by atoms with Crippen LogP contribution in [0.15, 0.2) is 18.2 Å². The second kappa shape index (κ2) is 6.26. The molecular formula is C15H21N3O. The fourth-order valence-corrected chi connectivity index (χ4v) is 1.53. The molecule has 2 amide bonds. The molecule has 0 aromatic heterocycles. The van der Waals surface area contributed by atoms with Gasteiger partial charge in [0.05, 0.1) is 6.54 Å². The van der Waals surface area contributed by atoms with Crippen LogP contribution in [-0.2, 0) is 0 Å². The number of nitrogens with two attached hydrogens (primary N) is 1. The predicted octanol–water partition coefficient (Wildman–Crippen LogP) is 2.23. The molecule has 0 saturated heterocycles. The molecule has 4 heteroatoms. The molecule has 1 aromatic carbocycles. The van der Waals surface area contributed by atoms with Crippen molar-refractivity contribution in [2.24, 2.45) is 5.73 Å². The van der Waals surface area contributed by atoms with Crippen molar-refractivity contribution in [1.82, 2.24) is 5.32 Å². The second-order valence-corrected chi connectivity index (χ2v) is 5.36. The Bertz CT molecular complexity index is 518. The minimum absolute atomic E-state index is 0.212. The van der Waals surface area contributed by atoms with Crippen molar-refractivity contribution in [2.45, 2.75) is 33.2 Å². The Kier molecular flexibility index (Phi) is 4.96. The highest BCUT2D eigenvalue weighted by atomic mass is 16.2. The van der Waals surface area contributed by atoms with E-state index in [1.165, 1.54) is 0 Å². The highest BCUT2D eigenvalue weighted by molar-refractivity contribution is 5.90. The van der Waals surface area contributed by atoms with E-state index in [1.54, 1.807) is 0 Å². The van der Waals surface area contributed by atoms with Crippen LogP contribution in [0.1, 0.15) is 31.9 Å². The fraction of sp³-hybridized carbons (Fsp3) is 0.400. The molecule has 4 N–H and O–H groups in total. The summed E-state index contributed by atoms with van der Waals surface area (Å²) in [5.41, 5.74) is 7.71. The van der Waals surface area contributed by atoms with Gasteiger partial charge < -0.3 is 16.4 Å². The lowest BCUT2D eigenvalue weighted by Crippen LogP contribution is -2.43. The van der Waals surface area contributed by atoms with E-state index in [2.05, 4.69) is 22.5 Å². The van der Waals surface area contributed by atoms with Crippen LogP contribution in [0, 0.1) is 18.8 Å². The maximum Gasteiger partial charge on any atom is 0.319 e. The first kappa shape index (κ1) is 15.1. The van der Waals surface area contributed by atoms with Gasteiger partial charge in [-0.05, 0) is 51.5 Å². The maximum atomic E-state index is 11.8. The number of anilines is 1. The fourth-order valence-electron chi connectivity index (χ4n) is 1.53. The van der Waals surface area contributed by atoms with Crippen LogP contribution in [0.3, 0.4) is 0 Å². The van der Waals surface area contributed by atoms with Crippen molar-refractivity contribution < 1.29 is 4.79 Å². The molecule has 4 nitrogen and oxygen atoms in total. The maximum absolute atomic E-state index is 11.8. The number of hydrogen-bond acceptors (Lipinski definition) is 2. The van der Waals surface area contributed by atoms with Crippen molar-refractivity contribution in [3.63, 3.8) is 0 Å². The Labute approximate surface area is 114 Å². The number of hydrogen-bond donors (Lipinski definition) is 3. The number of amides is 2. The van der Waals surface area contributed by atoms with E-state index in [-0.39, 0.29) is 11.6 Å². The van der Waals surface area contributed by atoms with E-state index >= 15 is 0 Å². The monoisotopic (exact) mass is 259 g/mol. The first-order valence-electron chi connectivity index (χ1n) is 6.20. The Balaban J connectivity index is 2.78. The molecule has 0 aliphatic rings. The van der Waals surface area contributed by atoms with Crippen molar-refractivity contribution in [2.75, 3.05) is 11.9 Å². The lowest BCUT2D eigenvalue weighted by Gasteiger charge is -2.21. The first-order valence-corrected chi connectivity index (χ1v) is 6.20. The molecule has 0 bridgehead atoms. The van der Waals surface area contributed by atoms with E-state index in [0.29, 0.717) is 6.54 Å². The highest BCUT2D eigenvalue weighted by Crippen LogP contribution is 2.16. The Morgan fingerprint density at radius 3 is 2.58 bits per heavy atom. The van der Waals surface area contributed by atoms with Gasteiger partial charge >= 0.3 is 6.03 Å². The molecule has 0 aliphatic heterocycles. The third-order valence-corrected chi connectivity index (χ3v) is 2.30. The quantitative estimate of drug-likeness (QED) is 0.677. The lowest BCUT2D eigenvalue weighted by molar-refractivity contribution is 0.244. The largest absolute Gasteiger partial charge is 0.333 e. The van der Waals surface area contributed by atoms with E-state index < -0.39 is 0 Å². The summed E-state index contributed by atoms with van der Waals surface area (Å²) in [5, 5.41) is 5.68. The molecule has 102 valence electrons. The van der Waals surface area contributed by atoms with Crippen molar-refractivity contribution >= 4 is 11.7 Å². The van der Waals surface area contributed by atoms with E-state index in [4.69, 9.17) is 5.73 Å². The average Bonchev–Trinajstić information content (AvgIpc) is 2.27. The minimum Gasteiger partial charge on any atom is -0.333 e. The number of aryl methyl sites for hydroxylation is 1. The van der Waals surface area contributed by atoms with Gasteiger partial charge in [-0.2, -0.15) is 0 Å². The zero-order valence-electron chi connectivity index (χ0n) is 11.9. The summed E-state index contributed by atoms with van der Waals surface area (Å²) in [6.07, 6.45) is 0. The Morgan fingerprint density at radius 2 is 2.05 bits per heavy atom. The molecular weight excluding hydrogens is 238 g/mol. The normalized spacial score (nSPS) is 10.4. The van der Waals surface area contributed by atoms with Crippen LogP contribution in [0.5, 0.6) is 0 Å². The summed E-state index contributed by atoms with van der Waals surface area (Å²) < 4.78 is 0. The summed E-state index contributed by atoms with van der Waals surface area (Å²) in [6, 6.07) is 5.42. The van der Waals surface area contributed by atoms with Gasteiger partial charge in [0.15, 0.2) is 0 Å². The molecule has 0 spiro atoms. The molecule has 0 fully saturated rings. The standard InChI is InChI=1S/C15H21N3O/c1-11-10-12(6-5-9-16)7-8-13(11)17-14(19)18-15(2,3)4/h7-8,10H,9,16H2,1-4H3,(H2,17,18,19). The number of nitrogens with one attached hydrogen (secondary N) is 2. The summed E-state index contributed by atoms with van der Waals surface area (Å²) >= 11 is 0. The summed E-state index contributed by atoms with van der Waals surface area (Å²) in [7, 11) is 0. The molecule has 0 heterocycles. The number of carbonyl (C=O) groups is 1. The Hall–Kier alpha value is -1.99. The zero-order chi connectivity index (χ0) is 14.5. The van der Waals surface area contributed by atoms with E-state index in [0.717, 1.165) is 16.8 Å². The van der Waals surface area contributed by atoms with Crippen LogP contribution < -0.4 is 16.4 Å². The summed E-state index contributed by atoms with van der Waals surface area (Å²) in [6.45, 7) is 8.08. The van der Waals surface area contributed by atoms with Crippen molar-refractivity contribution in [1.29, 1.82) is 0 Å². The number of rotatable bonds is 1. The topological polar surface area (TPSA) is 67.1 Å². The number of urea groups is 1. The van der Waals surface area contributed by atoms with Gasteiger partial charge in [-0.15, -0.1) is 0 Å². The second-order valence-electron chi connectivity index (χ2n) is 5.36. The number of carbonyl (C=O) groups excluding carboxylic acids is 1. The molecule has 0 unspecified atom stereocenters. The van der Waals surface area contributed by atoms with Crippen LogP contribution in [0.4, 0.5) is 10.5 Å². The Morgan fingerprint density at radius 1 is 1.37 bits per heavy atom. The first-order chi connectivity index (χ1) is 8.81. The molecule has 1 aromatic rings. The average molecular weight is 259 g/mol. The van der Waals surface area contributed by atoms with Crippen LogP contribution >= 0.6 is 0 Å². The minimum atomic E-state index is -0.259. The van der Waals surface area contributed by atoms with Crippen molar-refractivity contribution in [3.05, 3.63) is 29.3 Å². The lowest BCUT2D eigenvalue weighted by atomic mass is 10.1. The van der Waals surface area contributed by atoms with Crippen molar-refractivity contribution in [3.8, 4) is 11.8 Å². The van der Waals surface area contributed by atoms with Gasteiger partial charge in [-0.25, -0.2) is 4.79 Å². The van der Waals surface area contributed by atoms with Crippen LogP contribution in [-0.4, -0.2) is 18.1 Å². The summed E-state index contributed by atoms with van der Waals surface area (Å²) in [5.74, 6) is 5.76. The predicted molar refractivity (Wildman–Crippen MR) is 79.0 cm³/mol. The number of benzene rings is 1. The van der Waals surface area contributed by atoms with Gasteiger partial charge in [0, 0.05) is 16.8 Å². The van der Waals surface area contributed by atoms with E-state index in [9.17, 15) is 4.79 Å². The van der Waals surface area contributed by atoms with Gasteiger partial charge in [-0.3, -0.25) is 0 Å². The zero-order valence-corrected chi connectivity index (χ0v) is 11.9.